The molecule has 0 saturated heterocycles. The normalized spacial score (nSPS) is 14.5. The van der Waals surface area contributed by atoms with Gasteiger partial charge in [-0.05, 0) is 53.8 Å². The van der Waals surface area contributed by atoms with Crippen LogP contribution in [0.4, 0.5) is 0 Å². The first-order valence-corrected chi connectivity index (χ1v) is 15.6. The molecule has 1 aliphatic rings. The average Bonchev–Trinajstić information content (AvgIpc) is 2.93. The number of halogens is 3. The second-order valence-electron chi connectivity index (χ2n) is 9.89. The summed E-state index contributed by atoms with van der Waals surface area (Å²) in [6.07, 6.45) is 5.79. The van der Waals surface area contributed by atoms with Crippen molar-refractivity contribution in [2.45, 2.75) is 62.9 Å². The van der Waals surface area contributed by atoms with Crippen molar-refractivity contribution in [2.75, 3.05) is 5.75 Å². The summed E-state index contributed by atoms with van der Waals surface area (Å²) in [7, 11) is 0. The zero-order valence-corrected chi connectivity index (χ0v) is 24.8. The summed E-state index contributed by atoms with van der Waals surface area (Å²) >= 11 is 20.4. The molecule has 3 aromatic carbocycles. The third kappa shape index (κ3) is 8.91. The number of hydrogen-bond donors (Lipinski definition) is 1. The van der Waals surface area contributed by atoms with Crippen LogP contribution in [0.15, 0.2) is 72.8 Å². The Morgan fingerprint density at radius 3 is 2.23 bits per heavy atom. The van der Waals surface area contributed by atoms with Crippen LogP contribution in [0.3, 0.4) is 0 Å². The summed E-state index contributed by atoms with van der Waals surface area (Å²) in [5.74, 6) is 0.444. The molecule has 1 fully saturated rings. The average molecular weight is 604 g/mol. The number of rotatable bonds is 11. The van der Waals surface area contributed by atoms with E-state index in [1.165, 1.54) is 18.2 Å². The smallest absolute Gasteiger partial charge is 0.243 e. The van der Waals surface area contributed by atoms with Crippen molar-refractivity contribution in [2.24, 2.45) is 0 Å². The molecule has 8 heteroatoms. The Morgan fingerprint density at radius 1 is 0.872 bits per heavy atom. The van der Waals surface area contributed by atoms with Gasteiger partial charge in [-0.1, -0.05) is 103 Å². The summed E-state index contributed by atoms with van der Waals surface area (Å²) in [6, 6.07) is 22.2. The van der Waals surface area contributed by atoms with Gasteiger partial charge in [0.05, 0.1) is 5.75 Å². The molecule has 0 heterocycles. The Labute approximate surface area is 250 Å². The van der Waals surface area contributed by atoms with Crippen molar-refractivity contribution in [3.63, 3.8) is 0 Å². The van der Waals surface area contributed by atoms with E-state index in [4.69, 9.17) is 34.8 Å². The Kier molecular flexibility index (Phi) is 11.5. The molecule has 1 N–H and O–H groups in total. The van der Waals surface area contributed by atoms with E-state index in [1.54, 1.807) is 29.2 Å². The van der Waals surface area contributed by atoms with Crippen molar-refractivity contribution in [3.8, 4) is 0 Å². The number of amides is 2. The van der Waals surface area contributed by atoms with Crippen LogP contribution < -0.4 is 5.32 Å². The molecular formula is C31H33Cl3N2O2S. The molecule has 206 valence electrons. The molecule has 0 bridgehead atoms. The standard InChI is InChI=1S/C31H33Cl3N2O2S/c32-24-12-7-11-23(17-24)19-36(30(37)21-39-20-26-27(33)15-8-16-28(26)34)29(18-22-9-3-1-4-10-22)31(38)35-25-13-5-2-6-14-25/h1,3-4,7-12,15-17,25,29H,2,5-6,13-14,18-21H2,(H,35,38). The minimum absolute atomic E-state index is 0.111. The van der Waals surface area contributed by atoms with Gasteiger partial charge in [-0.25, -0.2) is 0 Å². The molecule has 1 atom stereocenters. The van der Waals surface area contributed by atoms with Crippen molar-refractivity contribution in [3.05, 3.63) is 105 Å². The fourth-order valence-corrected chi connectivity index (χ4v) is 6.78. The minimum Gasteiger partial charge on any atom is -0.352 e. The van der Waals surface area contributed by atoms with Crippen molar-refractivity contribution in [1.29, 1.82) is 0 Å². The maximum absolute atomic E-state index is 13.8. The van der Waals surface area contributed by atoms with Crippen molar-refractivity contribution < 1.29 is 9.59 Å². The van der Waals surface area contributed by atoms with Gasteiger partial charge in [0.15, 0.2) is 0 Å². The molecule has 1 aliphatic carbocycles. The van der Waals surface area contributed by atoms with Crippen LogP contribution in [0.25, 0.3) is 0 Å². The maximum atomic E-state index is 13.8. The van der Waals surface area contributed by atoms with E-state index >= 15 is 0 Å². The van der Waals surface area contributed by atoms with E-state index in [1.807, 2.05) is 48.5 Å². The number of carbonyl (C=O) groups excluding carboxylic acids is 2. The van der Waals surface area contributed by atoms with Gasteiger partial charge in [-0.15, -0.1) is 11.8 Å². The van der Waals surface area contributed by atoms with Gasteiger partial charge < -0.3 is 10.2 Å². The van der Waals surface area contributed by atoms with Crippen LogP contribution in [0.5, 0.6) is 0 Å². The SMILES string of the molecule is O=C(NC1CCCCC1)C(Cc1ccccc1)N(Cc1cccc(Cl)c1)C(=O)CSCc1c(Cl)cccc1Cl. The molecule has 39 heavy (non-hydrogen) atoms. The van der Waals surface area contributed by atoms with Crippen LogP contribution in [0, 0.1) is 0 Å². The Hall–Kier alpha value is -2.18. The fourth-order valence-electron chi connectivity index (χ4n) is 4.92. The van der Waals surface area contributed by atoms with Gasteiger partial charge in [-0.3, -0.25) is 9.59 Å². The maximum Gasteiger partial charge on any atom is 0.243 e. The van der Waals surface area contributed by atoms with E-state index in [9.17, 15) is 9.59 Å². The summed E-state index contributed by atoms with van der Waals surface area (Å²) in [6.45, 7) is 0.280. The highest BCUT2D eigenvalue weighted by atomic mass is 35.5. The van der Waals surface area contributed by atoms with Gasteiger partial charge in [0.2, 0.25) is 11.8 Å². The van der Waals surface area contributed by atoms with Gasteiger partial charge >= 0.3 is 0 Å². The van der Waals surface area contributed by atoms with Crippen LogP contribution in [0.1, 0.15) is 48.8 Å². The Bertz CT molecular complexity index is 1230. The Morgan fingerprint density at radius 2 is 1.54 bits per heavy atom. The molecule has 0 aromatic heterocycles. The summed E-state index contributed by atoms with van der Waals surface area (Å²) in [4.78, 5) is 29.4. The lowest BCUT2D eigenvalue weighted by Gasteiger charge is -2.33. The van der Waals surface area contributed by atoms with Gasteiger partial charge in [0.25, 0.3) is 0 Å². The summed E-state index contributed by atoms with van der Waals surface area (Å²) < 4.78 is 0. The molecule has 0 radical (unpaired) electrons. The molecule has 0 spiro atoms. The lowest BCUT2D eigenvalue weighted by molar-refractivity contribution is -0.139. The monoisotopic (exact) mass is 602 g/mol. The molecule has 1 unspecified atom stereocenters. The minimum atomic E-state index is -0.662. The third-order valence-electron chi connectivity index (χ3n) is 7.00. The van der Waals surface area contributed by atoms with Gasteiger partial charge in [0.1, 0.15) is 6.04 Å². The topological polar surface area (TPSA) is 49.4 Å². The first kappa shape index (κ1) is 29.8. The predicted molar refractivity (Wildman–Crippen MR) is 164 cm³/mol. The van der Waals surface area contributed by atoms with Crippen LogP contribution in [-0.4, -0.2) is 34.6 Å². The molecule has 2 amide bonds. The van der Waals surface area contributed by atoms with E-state index in [2.05, 4.69) is 5.32 Å². The number of nitrogens with zero attached hydrogens (tertiary/aromatic N) is 1. The lowest BCUT2D eigenvalue weighted by Crippen LogP contribution is -2.53. The first-order chi connectivity index (χ1) is 18.9. The largest absolute Gasteiger partial charge is 0.352 e. The highest BCUT2D eigenvalue weighted by Gasteiger charge is 2.32. The molecular weight excluding hydrogens is 571 g/mol. The quantitative estimate of drug-likeness (QED) is 0.242. The molecule has 4 nitrogen and oxygen atoms in total. The lowest BCUT2D eigenvalue weighted by atomic mass is 9.94. The zero-order valence-electron chi connectivity index (χ0n) is 21.8. The van der Waals surface area contributed by atoms with Crippen LogP contribution in [-0.2, 0) is 28.3 Å². The van der Waals surface area contributed by atoms with Crippen LogP contribution >= 0.6 is 46.6 Å². The second-order valence-corrected chi connectivity index (χ2v) is 12.1. The number of benzene rings is 3. The molecule has 0 aliphatic heterocycles. The molecule has 4 rings (SSSR count). The van der Waals surface area contributed by atoms with E-state index in [0.29, 0.717) is 27.2 Å². The van der Waals surface area contributed by atoms with Gasteiger partial charge in [-0.2, -0.15) is 0 Å². The predicted octanol–water partition coefficient (Wildman–Crippen LogP) is 7.97. The fraction of sp³-hybridized carbons (Fsp3) is 0.355. The van der Waals surface area contributed by atoms with E-state index in [0.717, 1.165) is 42.4 Å². The zero-order chi connectivity index (χ0) is 27.6. The number of thioether (sulfide) groups is 1. The molecule has 3 aromatic rings. The molecule has 1 saturated carbocycles. The van der Waals surface area contributed by atoms with Crippen LogP contribution in [0.2, 0.25) is 15.1 Å². The Balaban J connectivity index is 1.58. The first-order valence-electron chi connectivity index (χ1n) is 13.3. The highest BCUT2D eigenvalue weighted by molar-refractivity contribution is 7.99. The van der Waals surface area contributed by atoms with Gasteiger partial charge in [0, 0.05) is 39.8 Å². The summed E-state index contributed by atoms with van der Waals surface area (Å²) in [5.41, 5.74) is 2.68. The number of hydrogen-bond acceptors (Lipinski definition) is 3. The number of carbonyl (C=O) groups is 2. The third-order valence-corrected chi connectivity index (χ3v) is 8.89. The van der Waals surface area contributed by atoms with Crippen molar-refractivity contribution in [1.82, 2.24) is 10.2 Å². The van der Waals surface area contributed by atoms with Crippen molar-refractivity contribution >= 4 is 58.4 Å². The number of nitrogens with one attached hydrogen (secondary N) is 1. The van der Waals surface area contributed by atoms with E-state index in [-0.39, 0.29) is 30.2 Å². The summed E-state index contributed by atoms with van der Waals surface area (Å²) in [5, 5.41) is 5.01. The highest BCUT2D eigenvalue weighted by Crippen LogP contribution is 2.29. The van der Waals surface area contributed by atoms with E-state index < -0.39 is 6.04 Å². The second kappa shape index (κ2) is 15.0.